The lowest BCUT2D eigenvalue weighted by Gasteiger charge is -2.41. The van der Waals surface area contributed by atoms with Gasteiger partial charge in [-0.25, -0.2) is 0 Å². The van der Waals surface area contributed by atoms with Crippen LogP contribution in [0.4, 0.5) is 0 Å². The first-order valence-corrected chi connectivity index (χ1v) is 11.1. The van der Waals surface area contributed by atoms with E-state index in [1.165, 1.54) is 0 Å². The second-order valence-electron chi connectivity index (χ2n) is 7.61. The number of hydrogen-bond donors (Lipinski definition) is 1. The molecule has 4 heterocycles. The third kappa shape index (κ3) is 4.22. The molecule has 4 aliphatic rings. The Bertz CT molecular complexity index is 652. The molecule has 1 aliphatic carbocycles. The lowest BCUT2D eigenvalue weighted by atomic mass is 9.83. The SMILES string of the molecule is CSNC1CCCN2C(=O)COc3nnccc3C3CCC(CC3)OCC12. The summed E-state index contributed by atoms with van der Waals surface area (Å²) in [5.74, 6) is 0.918. The molecular formula is C19H28N4O3S. The van der Waals surface area contributed by atoms with Crippen molar-refractivity contribution in [2.45, 2.75) is 62.6 Å². The second-order valence-corrected chi connectivity index (χ2v) is 8.26. The lowest BCUT2D eigenvalue weighted by molar-refractivity contribution is -0.140. The number of aromatic nitrogens is 2. The zero-order valence-corrected chi connectivity index (χ0v) is 16.6. The monoisotopic (exact) mass is 392 g/mol. The van der Waals surface area contributed by atoms with Gasteiger partial charge in [0.25, 0.3) is 5.91 Å². The standard InChI is InChI=1S/C19H28N4O3S/c1-27-22-16-3-2-10-23-17(16)11-25-14-6-4-13(5-7-14)15-8-9-20-21-19(15)26-12-18(23)24/h8-9,13-14,16-17,22H,2-7,10-12H2,1H3. The summed E-state index contributed by atoms with van der Waals surface area (Å²) in [6.07, 6.45) is 10.2. The van der Waals surface area contributed by atoms with Crippen molar-refractivity contribution in [3.63, 3.8) is 0 Å². The summed E-state index contributed by atoms with van der Waals surface area (Å²) in [7, 11) is 0. The lowest BCUT2D eigenvalue weighted by Crippen LogP contribution is -2.57. The minimum atomic E-state index is -0.000556. The average Bonchev–Trinajstić information content (AvgIpc) is 2.73. The van der Waals surface area contributed by atoms with Gasteiger partial charge < -0.3 is 14.4 Å². The molecule has 1 aromatic rings. The van der Waals surface area contributed by atoms with Crippen LogP contribution >= 0.6 is 11.9 Å². The van der Waals surface area contributed by atoms with Gasteiger partial charge in [-0.1, -0.05) is 11.9 Å². The summed E-state index contributed by atoms with van der Waals surface area (Å²) in [5, 5.41) is 8.15. The summed E-state index contributed by atoms with van der Waals surface area (Å²) < 4.78 is 15.7. The minimum absolute atomic E-state index is 0.000556. The molecule has 1 saturated carbocycles. The second kappa shape index (κ2) is 8.75. The van der Waals surface area contributed by atoms with E-state index in [1.54, 1.807) is 18.1 Å². The number of ether oxygens (including phenoxy) is 2. The highest BCUT2D eigenvalue weighted by atomic mass is 32.2. The Labute approximate surface area is 164 Å². The van der Waals surface area contributed by atoms with Gasteiger partial charge in [-0.15, -0.1) is 5.10 Å². The molecule has 1 saturated heterocycles. The van der Waals surface area contributed by atoms with Gasteiger partial charge in [-0.05, 0) is 56.8 Å². The minimum Gasteiger partial charge on any atom is -0.466 e. The number of fused-ring (bicyclic) bond motifs is 5. The number of carbonyl (C=O) groups excluding carboxylic acids is 1. The first-order chi connectivity index (χ1) is 13.3. The van der Waals surface area contributed by atoms with Crippen molar-refractivity contribution >= 4 is 17.9 Å². The number of nitrogens with zero attached hydrogens (tertiary/aromatic N) is 3. The van der Waals surface area contributed by atoms with E-state index in [0.29, 0.717) is 18.4 Å². The van der Waals surface area contributed by atoms with Gasteiger partial charge in [-0.2, -0.15) is 5.10 Å². The van der Waals surface area contributed by atoms with E-state index >= 15 is 0 Å². The first-order valence-electron chi connectivity index (χ1n) is 9.90. The maximum absolute atomic E-state index is 13.0. The first kappa shape index (κ1) is 19.0. The largest absolute Gasteiger partial charge is 0.466 e. The Kier molecular flexibility index (Phi) is 6.14. The molecule has 2 unspecified atom stereocenters. The third-order valence-corrected chi connectivity index (χ3v) is 6.57. The quantitative estimate of drug-likeness (QED) is 0.773. The Hall–Kier alpha value is -1.38. The topological polar surface area (TPSA) is 76.6 Å². The van der Waals surface area contributed by atoms with Crippen molar-refractivity contribution in [3.05, 3.63) is 17.8 Å². The van der Waals surface area contributed by atoms with Crippen LogP contribution in [0.2, 0.25) is 0 Å². The van der Waals surface area contributed by atoms with E-state index < -0.39 is 0 Å². The number of amides is 1. The molecule has 1 amide bonds. The fourth-order valence-corrected chi connectivity index (χ4v) is 5.18. The van der Waals surface area contributed by atoms with Gasteiger partial charge in [-0.3, -0.25) is 9.52 Å². The molecule has 2 fully saturated rings. The molecule has 0 radical (unpaired) electrons. The van der Waals surface area contributed by atoms with Crippen molar-refractivity contribution in [1.29, 1.82) is 0 Å². The zero-order chi connectivity index (χ0) is 18.6. The number of rotatable bonds is 2. The molecule has 8 heteroatoms. The fourth-order valence-electron chi connectivity index (χ4n) is 4.60. The molecule has 148 valence electrons. The molecule has 5 rings (SSSR count). The van der Waals surface area contributed by atoms with Crippen molar-refractivity contribution in [2.24, 2.45) is 0 Å². The van der Waals surface area contributed by atoms with Crippen LogP contribution < -0.4 is 9.46 Å². The van der Waals surface area contributed by atoms with Crippen LogP contribution in [0.25, 0.3) is 0 Å². The van der Waals surface area contributed by atoms with Crippen molar-refractivity contribution < 1.29 is 14.3 Å². The van der Waals surface area contributed by atoms with Crippen molar-refractivity contribution in [3.8, 4) is 5.88 Å². The molecule has 2 atom stereocenters. The van der Waals surface area contributed by atoms with E-state index in [1.807, 2.05) is 17.2 Å². The Morgan fingerprint density at radius 1 is 1.26 bits per heavy atom. The summed E-state index contributed by atoms with van der Waals surface area (Å²) in [6.45, 7) is 1.35. The predicted octanol–water partition coefficient (Wildman–Crippen LogP) is 2.14. The summed E-state index contributed by atoms with van der Waals surface area (Å²) in [4.78, 5) is 14.9. The van der Waals surface area contributed by atoms with Gasteiger partial charge in [0, 0.05) is 18.2 Å². The zero-order valence-electron chi connectivity index (χ0n) is 15.8. The number of carbonyl (C=O) groups is 1. The van der Waals surface area contributed by atoms with E-state index in [-0.39, 0.29) is 30.7 Å². The third-order valence-electron chi connectivity index (χ3n) is 6.03. The average molecular weight is 393 g/mol. The molecule has 7 nitrogen and oxygen atoms in total. The summed E-state index contributed by atoms with van der Waals surface area (Å²) in [6, 6.07) is 2.27. The maximum Gasteiger partial charge on any atom is 0.260 e. The summed E-state index contributed by atoms with van der Waals surface area (Å²) >= 11 is 1.61. The van der Waals surface area contributed by atoms with Crippen LogP contribution in [0.1, 0.15) is 50.0 Å². The smallest absolute Gasteiger partial charge is 0.260 e. The van der Waals surface area contributed by atoms with Crippen LogP contribution in [0.5, 0.6) is 5.88 Å². The van der Waals surface area contributed by atoms with Crippen LogP contribution in [0, 0.1) is 0 Å². The van der Waals surface area contributed by atoms with Crippen molar-refractivity contribution in [2.75, 3.05) is 26.0 Å². The molecular weight excluding hydrogens is 364 g/mol. The van der Waals surface area contributed by atoms with E-state index in [0.717, 1.165) is 50.6 Å². The van der Waals surface area contributed by atoms with Gasteiger partial charge in [0.05, 0.1) is 24.9 Å². The highest BCUT2D eigenvalue weighted by Crippen LogP contribution is 2.37. The molecule has 2 bridgehead atoms. The Balaban J connectivity index is 1.59. The van der Waals surface area contributed by atoms with Gasteiger partial charge in [0.15, 0.2) is 6.61 Å². The fraction of sp³-hybridized carbons (Fsp3) is 0.737. The molecule has 3 aliphatic heterocycles. The highest BCUT2D eigenvalue weighted by Gasteiger charge is 2.36. The Morgan fingerprint density at radius 2 is 2.11 bits per heavy atom. The van der Waals surface area contributed by atoms with Gasteiger partial charge >= 0.3 is 0 Å². The molecule has 1 N–H and O–H groups in total. The predicted molar refractivity (Wildman–Crippen MR) is 104 cm³/mol. The molecule has 27 heavy (non-hydrogen) atoms. The van der Waals surface area contributed by atoms with E-state index in [9.17, 15) is 4.79 Å². The Morgan fingerprint density at radius 3 is 2.93 bits per heavy atom. The normalized spacial score (nSPS) is 31.7. The van der Waals surface area contributed by atoms with Crippen molar-refractivity contribution in [1.82, 2.24) is 19.8 Å². The van der Waals surface area contributed by atoms with Crippen LogP contribution in [-0.4, -0.2) is 65.2 Å². The van der Waals surface area contributed by atoms with Crippen LogP contribution in [0.15, 0.2) is 12.3 Å². The molecule has 0 aromatic carbocycles. The van der Waals surface area contributed by atoms with Gasteiger partial charge in [0.2, 0.25) is 5.88 Å². The highest BCUT2D eigenvalue weighted by molar-refractivity contribution is 7.96. The number of hydrogen-bond acceptors (Lipinski definition) is 7. The van der Waals surface area contributed by atoms with Gasteiger partial charge in [0.1, 0.15) is 0 Å². The van der Waals surface area contributed by atoms with E-state index in [4.69, 9.17) is 9.47 Å². The number of nitrogens with one attached hydrogen (secondary N) is 1. The van der Waals surface area contributed by atoms with Crippen LogP contribution in [0.3, 0.4) is 0 Å². The molecule has 1 aromatic heterocycles. The maximum atomic E-state index is 13.0. The molecule has 0 spiro atoms. The number of piperidine rings is 1. The van der Waals surface area contributed by atoms with Crippen LogP contribution in [-0.2, 0) is 9.53 Å². The summed E-state index contributed by atoms with van der Waals surface area (Å²) in [5.41, 5.74) is 1.08. The van der Waals surface area contributed by atoms with E-state index in [2.05, 4.69) is 14.9 Å².